The quantitative estimate of drug-likeness (QED) is 0.151. The van der Waals surface area contributed by atoms with Crippen molar-refractivity contribution in [2.24, 2.45) is 0 Å². The molecule has 0 saturated heterocycles. The van der Waals surface area contributed by atoms with Gasteiger partial charge in [-0.2, -0.15) is 4.73 Å². The molecule has 20 heavy (non-hydrogen) atoms. The summed E-state index contributed by atoms with van der Waals surface area (Å²) in [6.07, 6.45) is 1.51. The molecular formula is C10H16BF4N3OS. The average molecular weight is 313 g/mol. The average Bonchev–Trinajstić information content (AvgIpc) is 2.24. The third-order valence-electron chi connectivity index (χ3n) is 1.75. The Bertz CT molecular complexity index is 458. The highest BCUT2D eigenvalue weighted by Crippen LogP contribution is 2.15. The maximum Gasteiger partial charge on any atom is 0.673 e. The van der Waals surface area contributed by atoms with E-state index in [1.165, 1.54) is 18.0 Å². The number of aromatic nitrogens is 1. The van der Waals surface area contributed by atoms with E-state index in [-0.39, 0.29) is 0 Å². The first-order chi connectivity index (χ1) is 9.02. The maximum absolute atomic E-state index is 11.4. The Balaban J connectivity index is 0.000000621. The van der Waals surface area contributed by atoms with Gasteiger partial charge in [0.1, 0.15) is 0 Å². The van der Waals surface area contributed by atoms with E-state index in [1.54, 1.807) is 6.07 Å². The van der Waals surface area contributed by atoms with Crippen molar-refractivity contribution in [3.63, 3.8) is 0 Å². The van der Waals surface area contributed by atoms with Gasteiger partial charge in [0.2, 0.25) is 0 Å². The van der Waals surface area contributed by atoms with Gasteiger partial charge >= 0.3 is 12.4 Å². The van der Waals surface area contributed by atoms with Crippen LogP contribution in [-0.4, -0.2) is 50.1 Å². The summed E-state index contributed by atoms with van der Waals surface area (Å²) in [5.74, 6) is 0. The molecule has 4 nitrogen and oxygen atoms in total. The van der Waals surface area contributed by atoms with Crippen molar-refractivity contribution in [3.05, 3.63) is 29.6 Å². The molecule has 114 valence electrons. The summed E-state index contributed by atoms with van der Waals surface area (Å²) in [4.78, 5) is 1.98. The molecule has 0 aliphatic rings. The maximum atomic E-state index is 11.4. The van der Waals surface area contributed by atoms with Gasteiger partial charge < -0.3 is 22.5 Å². The molecule has 0 fully saturated rings. The Kier molecular flexibility index (Phi) is 7.40. The van der Waals surface area contributed by atoms with E-state index in [4.69, 9.17) is 0 Å². The van der Waals surface area contributed by atoms with Crippen LogP contribution in [-0.2, 0) is 0 Å². The van der Waals surface area contributed by atoms with E-state index in [9.17, 15) is 22.5 Å². The van der Waals surface area contributed by atoms with Gasteiger partial charge in [0.05, 0.1) is 40.0 Å². The fraction of sp³-hybridized carbons (Fsp3) is 0.400. The van der Waals surface area contributed by atoms with Crippen LogP contribution in [0.4, 0.5) is 17.3 Å². The second-order valence-electron chi connectivity index (χ2n) is 4.03. The van der Waals surface area contributed by atoms with Gasteiger partial charge in [-0.1, -0.05) is 0 Å². The van der Waals surface area contributed by atoms with E-state index >= 15 is 0 Å². The SMILES string of the molecule is CN(C)C(Sc1cccc[n+]1[O-])=[N+](C)C.F[B-](F)(F)F. The lowest BCUT2D eigenvalue weighted by atomic mass is 10.3. The van der Waals surface area contributed by atoms with Crippen molar-refractivity contribution in [2.75, 3.05) is 28.2 Å². The summed E-state index contributed by atoms with van der Waals surface area (Å²) in [6, 6.07) is 5.40. The van der Waals surface area contributed by atoms with Crippen molar-refractivity contribution in [1.29, 1.82) is 0 Å². The van der Waals surface area contributed by atoms with Crippen molar-refractivity contribution < 1.29 is 26.6 Å². The van der Waals surface area contributed by atoms with Crippen LogP contribution in [0.15, 0.2) is 29.4 Å². The molecule has 0 saturated carbocycles. The number of amidine groups is 1. The lowest BCUT2D eigenvalue weighted by Crippen LogP contribution is -2.32. The minimum atomic E-state index is -6.00. The number of pyridine rings is 1. The molecule has 0 amide bonds. The fourth-order valence-corrected chi connectivity index (χ4v) is 2.02. The van der Waals surface area contributed by atoms with Gasteiger partial charge in [-0.15, -0.1) is 0 Å². The highest BCUT2D eigenvalue weighted by atomic mass is 32.2. The van der Waals surface area contributed by atoms with Crippen molar-refractivity contribution in [3.8, 4) is 0 Å². The summed E-state index contributed by atoms with van der Waals surface area (Å²) < 4.78 is 41.9. The minimum absolute atomic E-state index is 0.676. The van der Waals surface area contributed by atoms with Crippen molar-refractivity contribution in [1.82, 2.24) is 4.90 Å². The summed E-state index contributed by atoms with van der Waals surface area (Å²) in [7, 11) is 1.83. The number of rotatable bonds is 1. The van der Waals surface area contributed by atoms with Crippen LogP contribution in [0, 0.1) is 5.21 Å². The molecule has 10 heteroatoms. The zero-order valence-corrected chi connectivity index (χ0v) is 12.4. The molecule has 0 unspecified atom stereocenters. The lowest BCUT2D eigenvalue weighted by Gasteiger charge is -2.09. The van der Waals surface area contributed by atoms with Gasteiger partial charge in [0, 0.05) is 12.1 Å². The molecule has 0 aliphatic heterocycles. The largest absolute Gasteiger partial charge is 0.673 e. The van der Waals surface area contributed by atoms with E-state index in [1.807, 2.05) is 49.8 Å². The summed E-state index contributed by atoms with van der Waals surface area (Å²) >= 11 is 1.45. The Morgan fingerprint density at radius 1 is 1.25 bits per heavy atom. The Hall–Kier alpha value is -1.45. The molecule has 1 heterocycles. The van der Waals surface area contributed by atoms with Crippen LogP contribution >= 0.6 is 11.8 Å². The lowest BCUT2D eigenvalue weighted by molar-refractivity contribution is -0.645. The molecule has 1 aromatic rings. The highest BCUT2D eigenvalue weighted by Gasteiger charge is 2.20. The number of halogens is 4. The van der Waals surface area contributed by atoms with Gasteiger partial charge in [-0.25, -0.2) is 0 Å². The summed E-state index contributed by atoms with van der Waals surface area (Å²) in [6.45, 7) is 0. The zero-order valence-electron chi connectivity index (χ0n) is 11.6. The van der Waals surface area contributed by atoms with Crippen LogP contribution in [0.5, 0.6) is 0 Å². The molecular weight excluding hydrogens is 297 g/mol. The molecule has 0 bridgehead atoms. The Labute approximate surface area is 119 Å². The molecule has 0 atom stereocenters. The molecule has 0 radical (unpaired) electrons. The smallest absolute Gasteiger partial charge is 0.618 e. The summed E-state index contributed by atoms with van der Waals surface area (Å²) in [5.41, 5.74) is 0. The number of nitrogens with zero attached hydrogens (tertiary/aromatic N) is 3. The summed E-state index contributed by atoms with van der Waals surface area (Å²) in [5, 5.41) is 13.1. The van der Waals surface area contributed by atoms with Gasteiger partial charge in [0.15, 0.2) is 6.20 Å². The minimum Gasteiger partial charge on any atom is -0.618 e. The number of hydrogen-bond acceptors (Lipinski definition) is 2. The third-order valence-corrected chi connectivity index (χ3v) is 3.19. The van der Waals surface area contributed by atoms with Crippen LogP contribution in [0.1, 0.15) is 0 Å². The van der Waals surface area contributed by atoms with Crippen LogP contribution < -0.4 is 4.73 Å². The van der Waals surface area contributed by atoms with E-state index in [2.05, 4.69) is 0 Å². The molecule has 1 rings (SSSR count). The second-order valence-corrected chi connectivity index (χ2v) is 5.02. The first-order valence-corrected chi connectivity index (χ1v) is 6.29. The molecule has 0 spiro atoms. The van der Waals surface area contributed by atoms with Gasteiger partial charge in [-0.3, -0.25) is 9.48 Å². The number of thioether (sulfide) groups is 1. The monoisotopic (exact) mass is 313 g/mol. The molecule has 0 aromatic carbocycles. The first kappa shape index (κ1) is 18.6. The van der Waals surface area contributed by atoms with E-state index in [0.717, 1.165) is 9.90 Å². The normalized spacial score (nSPS) is 10.4. The zero-order chi connectivity index (χ0) is 15.9. The van der Waals surface area contributed by atoms with Gasteiger partial charge in [0.25, 0.3) is 5.03 Å². The van der Waals surface area contributed by atoms with Crippen molar-refractivity contribution in [2.45, 2.75) is 5.03 Å². The standard InChI is InChI=1S/C10H16N3OS.BF4/c1-11(2)10(12(3)4)15-9-7-5-6-8-13(9)14;2-1(3,4)5/h5-8H,1-4H3;/q+1;-1. The second kappa shape index (κ2) is 7.98. The predicted molar refractivity (Wildman–Crippen MR) is 72.2 cm³/mol. The first-order valence-electron chi connectivity index (χ1n) is 5.47. The molecule has 1 aromatic heterocycles. The van der Waals surface area contributed by atoms with E-state index < -0.39 is 7.25 Å². The Morgan fingerprint density at radius 2 is 1.75 bits per heavy atom. The fourth-order valence-electron chi connectivity index (χ4n) is 1.17. The number of hydrogen-bond donors (Lipinski definition) is 0. The molecule has 0 N–H and O–H groups in total. The topological polar surface area (TPSA) is 33.2 Å². The third kappa shape index (κ3) is 8.62. The Morgan fingerprint density at radius 3 is 2.10 bits per heavy atom. The van der Waals surface area contributed by atoms with Crippen molar-refractivity contribution >= 4 is 24.2 Å². The predicted octanol–water partition coefficient (Wildman–Crippen LogP) is 1.90. The van der Waals surface area contributed by atoms with Crippen LogP contribution in [0.25, 0.3) is 0 Å². The van der Waals surface area contributed by atoms with Crippen LogP contribution in [0.3, 0.4) is 0 Å². The highest BCUT2D eigenvalue weighted by molar-refractivity contribution is 8.13. The molecule has 0 aliphatic carbocycles. The van der Waals surface area contributed by atoms with Crippen LogP contribution in [0.2, 0.25) is 0 Å². The van der Waals surface area contributed by atoms with E-state index in [0.29, 0.717) is 5.03 Å². The van der Waals surface area contributed by atoms with Gasteiger partial charge in [-0.05, 0) is 6.07 Å².